The van der Waals surface area contributed by atoms with E-state index in [9.17, 15) is 0 Å². The van der Waals surface area contributed by atoms with Crippen LogP contribution in [0.5, 0.6) is 5.75 Å². The van der Waals surface area contributed by atoms with Crippen LogP contribution in [0.4, 0.5) is 5.69 Å². The second-order valence-electron chi connectivity index (χ2n) is 4.12. The van der Waals surface area contributed by atoms with Crippen molar-refractivity contribution in [1.29, 1.82) is 0 Å². The van der Waals surface area contributed by atoms with Gasteiger partial charge in [-0.3, -0.25) is 4.98 Å². The van der Waals surface area contributed by atoms with Crippen molar-refractivity contribution in [3.63, 3.8) is 0 Å². The van der Waals surface area contributed by atoms with E-state index in [2.05, 4.69) is 11.6 Å². The number of ether oxygens (including phenoxy) is 1. The summed E-state index contributed by atoms with van der Waals surface area (Å²) in [5.41, 5.74) is 8.40. The SMILES string of the molecule is C=CCc1cc(N)ccc1OCc1ccncc1Cl. The van der Waals surface area contributed by atoms with Gasteiger partial charge in [-0.15, -0.1) is 6.58 Å². The maximum absolute atomic E-state index is 6.04. The fourth-order valence-electron chi connectivity index (χ4n) is 1.73. The molecule has 0 radical (unpaired) electrons. The normalized spacial score (nSPS) is 10.2. The Hall–Kier alpha value is -2.00. The van der Waals surface area contributed by atoms with Crippen LogP contribution in [0.1, 0.15) is 11.1 Å². The Balaban J connectivity index is 2.15. The summed E-state index contributed by atoms with van der Waals surface area (Å²) in [7, 11) is 0. The van der Waals surface area contributed by atoms with E-state index in [4.69, 9.17) is 22.1 Å². The van der Waals surface area contributed by atoms with Crippen LogP contribution in [0.15, 0.2) is 49.3 Å². The minimum Gasteiger partial charge on any atom is -0.489 e. The molecule has 3 nitrogen and oxygen atoms in total. The van der Waals surface area contributed by atoms with E-state index in [0.29, 0.717) is 23.7 Å². The lowest BCUT2D eigenvalue weighted by atomic mass is 10.1. The number of pyridine rings is 1. The van der Waals surface area contributed by atoms with Gasteiger partial charge >= 0.3 is 0 Å². The Morgan fingerprint density at radius 2 is 2.16 bits per heavy atom. The molecule has 4 heteroatoms. The van der Waals surface area contributed by atoms with Crippen molar-refractivity contribution >= 4 is 17.3 Å². The monoisotopic (exact) mass is 274 g/mol. The minimum absolute atomic E-state index is 0.398. The molecule has 2 aromatic rings. The van der Waals surface area contributed by atoms with Gasteiger partial charge < -0.3 is 10.5 Å². The first kappa shape index (κ1) is 13.4. The van der Waals surface area contributed by atoms with Crippen LogP contribution in [0.25, 0.3) is 0 Å². The Morgan fingerprint density at radius 1 is 1.32 bits per heavy atom. The summed E-state index contributed by atoms with van der Waals surface area (Å²) in [6.07, 6.45) is 5.83. The molecule has 0 aliphatic heterocycles. The first-order valence-electron chi connectivity index (χ1n) is 5.91. The number of hydrogen-bond donors (Lipinski definition) is 1. The van der Waals surface area contributed by atoms with Gasteiger partial charge in [0.2, 0.25) is 0 Å². The van der Waals surface area contributed by atoms with E-state index in [0.717, 1.165) is 16.9 Å². The Kier molecular flexibility index (Phi) is 4.42. The van der Waals surface area contributed by atoms with Crippen molar-refractivity contribution in [2.75, 3.05) is 5.73 Å². The zero-order valence-corrected chi connectivity index (χ0v) is 11.2. The fraction of sp³-hybridized carbons (Fsp3) is 0.133. The van der Waals surface area contributed by atoms with Gasteiger partial charge in [0.05, 0.1) is 5.02 Å². The number of hydrogen-bond acceptors (Lipinski definition) is 3. The van der Waals surface area contributed by atoms with Gasteiger partial charge in [-0.1, -0.05) is 17.7 Å². The summed E-state index contributed by atoms with van der Waals surface area (Å²) >= 11 is 6.04. The fourth-order valence-corrected chi connectivity index (χ4v) is 1.91. The van der Waals surface area contributed by atoms with Gasteiger partial charge in [-0.2, -0.15) is 0 Å². The standard InChI is InChI=1S/C15H15ClN2O/c1-2-3-11-8-13(17)4-5-15(11)19-10-12-6-7-18-9-14(12)16/h2,4-9H,1,3,10,17H2. The Labute approximate surface area is 117 Å². The Morgan fingerprint density at radius 3 is 2.89 bits per heavy atom. The van der Waals surface area contributed by atoms with Crippen LogP contribution in [0.2, 0.25) is 5.02 Å². The van der Waals surface area contributed by atoms with Crippen molar-refractivity contribution in [3.8, 4) is 5.75 Å². The molecular weight excluding hydrogens is 260 g/mol. The van der Waals surface area contributed by atoms with Crippen molar-refractivity contribution in [2.45, 2.75) is 13.0 Å². The predicted molar refractivity (Wildman–Crippen MR) is 78.3 cm³/mol. The number of aromatic nitrogens is 1. The number of nitrogens with zero attached hydrogens (tertiary/aromatic N) is 1. The van der Waals surface area contributed by atoms with Crippen molar-refractivity contribution in [1.82, 2.24) is 4.98 Å². The first-order chi connectivity index (χ1) is 9.20. The summed E-state index contributed by atoms with van der Waals surface area (Å²) < 4.78 is 5.80. The number of benzene rings is 1. The molecule has 2 N–H and O–H groups in total. The van der Waals surface area contributed by atoms with Gasteiger partial charge in [0.15, 0.2) is 0 Å². The largest absolute Gasteiger partial charge is 0.489 e. The highest BCUT2D eigenvalue weighted by molar-refractivity contribution is 6.31. The molecule has 0 spiro atoms. The third-order valence-corrected chi connectivity index (χ3v) is 3.03. The summed E-state index contributed by atoms with van der Waals surface area (Å²) in [6.45, 7) is 4.13. The maximum atomic E-state index is 6.04. The lowest BCUT2D eigenvalue weighted by Crippen LogP contribution is -2.00. The summed E-state index contributed by atoms with van der Waals surface area (Å²) in [5, 5.41) is 0.600. The number of anilines is 1. The van der Waals surface area contributed by atoms with Gasteiger partial charge in [0.25, 0.3) is 0 Å². The molecule has 0 aliphatic carbocycles. The predicted octanol–water partition coefficient (Wildman–Crippen LogP) is 3.62. The van der Waals surface area contributed by atoms with E-state index in [-0.39, 0.29) is 0 Å². The Bertz CT molecular complexity index is 584. The molecule has 0 unspecified atom stereocenters. The zero-order valence-electron chi connectivity index (χ0n) is 10.5. The molecule has 98 valence electrons. The molecule has 0 amide bonds. The van der Waals surface area contributed by atoms with Crippen LogP contribution >= 0.6 is 11.6 Å². The van der Waals surface area contributed by atoms with Crippen LogP contribution in [0, 0.1) is 0 Å². The lowest BCUT2D eigenvalue weighted by Gasteiger charge is -2.12. The molecule has 1 aromatic heterocycles. The molecule has 0 saturated heterocycles. The number of allylic oxidation sites excluding steroid dienone is 1. The summed E-state index contributed by atoms with van der Waals surface area (Å²) in [4.78, 5) is 3.94. The second kappa shape index (κ2) is 6.25. The van der Waals surface area contributed by atoms with Gasteiger partial charge in [0.1, 0.15) is 12.4 Å². The van der Waals surface area contributed by atoms with E-state index in [1.807, 2.05) is 30.3 Å². The highest BCUT2D eigenvalue weighted by Gasteiger charge is 2.05. The first-order valence-corrected chi connectivity index (χ1v) is 6.29. The summed E-state index contributed by atoms with van der Waals surface area (Å²) in [5.74, 6) is 0.793. The van der Waals surface area contributed by atoms with Crippen molar-refractivity contribution in [2.24, 2.45) is 0 Å². The van der Waals surface area contributed by atoms with Crippen LogP contribution < -0.4 is 10.5 Å². The van der Waals surface area contributed by atoms with E-state index >= 15 is 0 Å². The molecule has 19 heavy (non-hydrogen) atoms. The smallest absolute Gasteiger partial charge is 0.123 e. The van der Waals surface area contributed by atoms with Crippen molar-refractivity contribution in [3.05, 3.63) is 65.5 Å². The molecule has 0 saturated carbocycles. The highest BCUT2D eigenvalue weighted by atomic mass is 35.5. The molecule has 0 bridgehead atoms. The molecule has 0 fully saturated rings. The number of halogens is 1. The van der Waals surface area contributed by atoms with Gasteiger partial charge in [-0.25, -0.2) is 0 Å². The third-order valence-electron chi connectivity index (χ3n) is 2.69. The molecule has 0 aliphatic rings. The maximum Gasteiger partial charge on any atom is 0.123 e. The molecule has 1 heterocycles. The van der Waals surface area contributed by atoms with E-state index in [1.54, 1.807) is 12.4 Å². The van der Waals surface area contributed by atoms with Crippen molar-refractivity contribution < 1.29 is 4.74 Å². The highest BCUT2D eigenvalue weighted by Crippen LogP contribution is 2.24. The number of nitrogen functional groups attached to an aromatic ring is 1. The molecular formula is C15H15ClN2O. The lowest BCUT2D eigenvalue weighted by molar-refractivity contribution is 0.303. The van der Waals surface area contributed by atoms with E-state index < -0.39 is 0 Å². The zero-order chi connectivity index (χ0) is 13.7. The van der Waals surface area contributed by atoms with Crippen LogP contribution in [-0.4, -0.2) is 4.98 Å². The topological polar surface area (TPSA) is 48.1 Å². The molecule has 2 rings (SSSR count). The van der Waals surface area contributed by atoms with Gasteiger partial charge in [0, 0.05) is 23.6 Å². The van der Waals surface area contributed by atoms with E-state index in [1.165, 1.54) is 0 Å². The second-order valence-corrected chi connectivity index (χ2v) is 4.52. The summed E-state index contributed by atoms with van der Waals surface area (Å²) in [6, 6.07) is 7.41. The average Bonchev–Trinajstić information content (AvgIpc) is 2.40. The quantitative estimate of drug-likeness (QED) is 0.669. The molecule has 0 atom stereocenters. The van der Waals surface area contributed by atoms with Gasteiger partial charge in [-0.05, 0) is 36.2 Å². The minimum atomic E-state index is 0.398. The average molecular weight is 275 g/mol. The number of rotatable bonds is 5. The van der Waals surface area contributed by atoms with Crippen LogP contribution in [0.3, 0.4) is 0 Å². The third kappa shape index (κ3) is 3.48. The molecule has 1 aromatic carbocycles. The number of nitrogens with two attached hydrogens (primary N) is 1. The van der Waals surface area contributed by atoms with Crippen LogP contribution in [-0.2, 0) is 13.0 Å².